The molecule has 1 spiro atoms. The van der Waals surface area contributed by atoms with Gasteiger partial charge in [-0.15, -0.1) is 0 Å². The summed E-state index contributed by atoms with van der Waals surface area (Å²) in [5, 5.41) is 24.0. The number of cyclic esters (lactones) is 2. The molecule has 7 heteroatoms. The average molecular weight is 443 g/mol. The van der Waals surface area contributed by atoms with Crippen molar-refractivity contribution in [3.63, 3.8) is 0 Å². The number of allylic oxidation sites excluding steroid dienone is 1. The second kappa shape index (κ2) is 5.45. The SMILES string of the molecule is C=C1[C@@]2(C)C[C@@H]3[C@@](C)(O)C4=CC(=O)OC(C)(C)C4=CC[C@]3(C)[C@@]13C(=O)O[C@H](C)[C@]3(O)C2=O. The molecule has 0 aromatic rings. The van der Waals surface area contributed by atoms with E-state index < -0.39 is 62.8 Å². The van der Waals surface area contributed by atoms with Crippen LogP contribution in [0, 0.1) is 22.2 Å². The van der Waals surface area contributed by atoms with Crippen molar-refractivity contribution < 1.29 is 34.1 Å². The molecule has 32 heavy (non-hydrogen) atoms. The third-order valence-corrected chi connectivity index (χ3v) is 9.47. The van der Waals surface area contributed by atoms with Crippen LogP contribution >= 0.6 is 0 Å². The number of carbonyl (C=O) groups is 3. The average Bonchev–Trinajstić information content (AvgIpc) is 2.88. The Balaban J connectivity index is 1.86. The molecule has 0 amide bonds. The van der Waals surface area contributed by atoms with E-state index in [1.54, 1.807) is 27.7 Å². The molecule has 1 saturated heterocycles. The predicted octanol–water partition coefficient (Wildman–Crippen LogP) is 2.16. The Morgan fingerprint density at radius 2 is 1.69 bits per heavy atom. The highest BCUT2D eigenvalue weighted by Gasteiger charge is 2.88. The summed E-state index contributed by atoms with van der Waals surface area (Å²) >= 11 is 0. The molecule has 5 aliphatic rings. The number of hydrogen-bond donors (Lipinski definition) is 2. The van der Waals surface area contributed by atoms with Crippen molar-refractivity contribution in [3.8, 4) is 0 Å². The van der Waals surface area contributed by atoms with Crippen molar-refractivity contribution >= 4 is 17.7 Å². The number of fused-ring (bicyclic) bond motifs is 3. The van der Waals surface area contributed by atoms with Gasteiger partial charge in [-0.05, 0) is 64.2 Å². The van der Waals surface area contributed by atoms with E-state index in [1.165, 1.54) is 13.0 Å². The van der Waals surface area contributed by atoms with E-state index >= 15 is 0 Å². The van der Waals surface area contributed by atoms with Crippen molar-refractivity contribution in [1.29, 1.82) is 0 Å². The summed E-state index contributed by atoms with van der Waals surface area (Å²) in [5.41, 5.74) is -7.25. The molecule has 2 N–H and O–H groups in total. The predicted molar refractivity (Wildman–Crippen MR) is 113 cm³/mol. The van der Waals surface area contributed by atoms with Crippen LogP contribution in [0.25, 0.3) is 0 Å². The third-order valence-electron chi connectivity index (χ3n) is 9.47. The van der Waals surface area contributed by atoms with Gasteiger partial charge in [-0.2, -0.15) is 0 Å². The summed E-state index contributed by atoms with van der Waals surface area (Å²) in [7, 11) is 0. The number of hydrogen-bond acceptors (Lipinski definition) is 7. The number of esters is 2. The molecule has 3 fully saturated rings. The first-order chi connectivity index (χ1) is 14.5. The minimum absolute atomic E-state index is 0.187. The number of rotatable bonds is 0. The number of carbonyl (C=O) groups excluding carboxylic acids is 3. The topological polar surface area (TPSA) is 110 Å². The van der Waals surface area contributed by atoms with E-state index in [9.17, 15) is 24.6 Å². The lowest BCUT2D eigenvalue weighted by Gasteiger charge is -2.58. The maximum atomic E-state index is 13.8. The highest BCUT2D eigenvalue weighted by molar-refractivity contribution is 6.10. The number of aliphatic hydroxyl groups is 2. The summed E-state index contributed by atoms with van der Waals surface area (Å²) in [5.74, 6) is -2.37. The Labute approximate surface area is 187 Å². The molecular weight excluding hydrogens is 412 g/mol. The van der Waals surface area contributed by atoms with Gasteiger partial charge >= 0.3 is 11.9 Å². The van der Waals surface area contributed by atoms with Crippen LogP contribution in [0.5, 0.6) is 0 Å². The monoisotopic (exact) mass is 442 g/mol. The zero-order valence-corrected chi connectivity index (χ0v) is 19.4. The molecule has 7 atom stereocenters. The third kappa shape index (κ3) is 1.84. The molecule has 0 unspecified atom stereocenters. The van der Waals surface area contributed by atoms with Gasteiger partial charge in [-0.3, -0.25) is 9.59 Å². The first-order valence-corrected chi connectivity index (χ1v) is 11.1. The Bertz CT molecular complexity index is 1090. The quantitative estimate of drug-likeness (QED) is 0.437. The normalized spacial score (nSPS) is 51.0. The Hall–Kier alpha value is -2.25. The van der Waals surface area contributed by atoms with Gasteiger partial charge in [-0.1, -0.05) is 19.6 Å². The van der Waals surface area contributed by atoms with Gasteiger partial charge in [0.25, 0.3) is 0 Å². The summed E-state index contributed by atoms with van der Waals surface area (Å²) in [6, 6.07) is 0. The number of Topliss-reactive ketones (excluding diaryl/α,β-unsaturated/α-hetero) is 1. The van der Waals surface area contributed by atoms with Crippen LogP contribution in [0.15, 0.2) is 35.5 Å². The summed E-state index contributed by atoms with van der Waals surface area (Å²) < 4.78 is 11.1. The van der Waals surface area contributed by atoms with Crippen LogP contribution in [-0.2, 0) is 23.9 Å². The molecule has 3 aliphatic carbocycles. The van der Waals surface area contributed by atoms with Crippen LogP contribution in [-0.4, -0.2) is 50.8 Å². The van der Waals surface area contributed by atoms with Gasteiger partial charge in [0.2, 0.25) is 0 Å². The lowest BCUT2D eigenvalue weighted by atomic mass is 9.43. The summed E-state index contributed by atoms with van der Waals surface area (Å²) in [6.07, 6.45) is 2.58. The lowest BCUT2D eigenvalue weighted by Crippen LogP contribution is -2.64. The van der Waals surface area contributed by atoms with E-state index in [1.807, 2.05) is 13.0 Å². The molecule has 2 saturated carbocycles. The maximum absolute atomic E-state index is 13.8. The smallest absolute Gasteiger partial charge is 0.332 e. The summed E-state index contributed by atoms with van der Waals surface area (Å²) in [6.45, 7) is 14.4. The Kier molecular flexibility index (Phi) is 3.68. The molecule has 2 bridgehead atoms. The molecule has 7 nitrogen and oxygen atoms in total. The Morgan fingerprint density at radius 3 is 2.31 bits per heavy atom. The van der Waals surface area contributed by atoms with Crippen molar-refractivity contribution in [2.24, 2.45) is 22.2 Å². The highest BCUT2D eigenvalue weighted by Crippen LogP contribution is 2.78. The number of ether oxygens (including phenoxy) is 2. The zero-order chi connectivity index (χ0) is 23.9. The van der Waals surface area contributed by atoms with Crippen LogP contribution in [0.3, 0.4) is 0 Å². The first kappa shape index (κ1) is 21.6. The fraction of sp³-hybridized carbons (Fsp3) is 0.640. The molecule has 0 aromatic carbocycles. The maximum Gasteiger partial charge on any atom is 0.332 e. The van der Waals surface area contributed by atoms with Gasteiger partial charge in [-0.25, -0.2) is 4.79 Å². The summed E-state index contributed by atoms with van der Waals surface area (Å²) in [4.78, 5) is 39.7. The van der Waals surface area contributed by atoms with Crippen molar-refractivity contribution in [1.82, 2.24) is 0 Å². The first-order valence-electron chi connectivity index (χ1n) is 11.1. The van der Waals surface area contributed by atoms with Gasteiger partial charge in [0.15, 0.2) is 11.4 Å². The number of ketones is 1. The standard InChI is InChI=1S/C25H30O7/c1-12-21(5)11-16-22(6,24(12)19(28)31-13(2)25(24,30)18(21)27)9-8-14-15(23(16,7)29)10-17(26)32-20(14,3)4/h8,10,13,16,29-30H,1,9,11H2,2-7H3/t13-,16+,21-,22+,23+,24+,25+/m1/s1. The van der Waals surface area contributed by atoms with E-state index in [2.05, 4.69) is 6.58 Å². The van der Waals surface area contributed by atoms with Crippen molar-refractivity contribution in [2.75, 3.05) is 0 Å². The van der Waals surface area contributed by atoms with Crippen LogP contribution in [0.2, 0.25) is 0 Å². The molecule has 2 heterocycles. The second-order valence-corrected chi connectivity index (χ2v) is 11.3. The fourth-order valence-electron chi connectivity index (χ4n) is 7.84. The van der Waals surface area contributed by atoms with Crippen molar-refractivity contribution in [3.05, 3.63) is 35.5 Å². The van der Waals surface area contributed by atoms with E-state index in [-0.39, 0.29) is 12.8 Å². The molecular formula is C25H30O7. The van der Waals surface area contributed by atoms with Crippen LogP contribution in [0.4, 0.5) is 0 Å². The zero-order valence-electron chi connectivity index (χ0n) is 19.4. The lowest BCUT2D eigenvalue weighted by molar-refractivity contribution is -0.172. The largest absolute Gasteiger partial charge is 0.458 e. The molecule has 0 radical (unpaired) electrons. The molecule has 5 rings (SSSR count). The molecule has 0 aromatic heterocycles. The fourth-order valence-corrected chi connectivity index (χ4v) is 7.84. The van der Waals surface area contributed by atoms with Crippen LogP contribution < -0.4 is 0 Å². The van der Waals surface area contributed by atoms with Gasteiger partial charge < -0.3 is 19.7 Å². The van der Waals surface area contributed by atoms with Gasteiger partial charge in [0.05, 0.1) is 11.0 Å². The van der Waals surface area contributed by atoms with E-state index in [4.69, 9.17) is 9.47 Å². The van der Waals surface area contributed by atoms with Crippen molar-refractivity contribution in [2.45, 2.75) is 77.3 Å². The molecule has 2 aliphatic heterocycles. The highest BCUT2D eigenvalue weighted by atomic mass is 16.6. The van der Waals surface area contributed by atoms with Gasteiger partial charge in [0, 0.05) is 17.4 Å². The minimum Gasteiger partial charge on any atom is -0.458 e. The van der Waals surface area contributed by atoms with Gasteiger partial charge in [0.1, 0.15) is 17.1 Å². The van der Waals surface area contributed by atoms with E-state index in [0.717, 1.165) is 0 Å². The Morgan fingerprint density at radius 1 is 1.06 bits per heavy atom. The van der Waals surface area contributed by atoms with E-state index in [0.29, 0.717) is 16.7 Å². The van der Waals surface area contributed by atoms with Crippen LogP contribution in [0.1, 0.15) is 54.4 Å². The molecule has 172 valence electrons. The second-order valence-electron chi connectivity index (χ2n) is 11.3. The minimum atomic E-state index is -2.08.